The average Bonchev–Trinajstić information content (AvgIpc) is 2.80. The molecular weight excluding hydrogens is 320 g/mol. The number of carbonyl (C=O) groups is 2. The van der Waals surface area contributed by atoms with Crippen LogP contribution in [0.1, 0.15) is 11.1 Å². The molecule has 0 aromatic heterocycles. The molecule has 3 rings (SSSR count). The molecule has 0 saturated carbocycles. The first-order chi connectivity index (χ1) is 12.2. The minimum atomic E-state index is -0.497. The molecule has 25 heavy (non-hydrogen) atoms. The van der Waals surface area contributed by atoms with Crippen LogP contribution in [0.4, 0.5) is 4.79 Å². The quantitative estimate of drug-likeness (QED) is 0.907. The summed E-state index contributed by atoms with van der Waals surface area (Å²) in [4.78, 5) is 25.5. The van der Waals surface area contributed by atoms with E-state index in [1.165, 1.54) is 0 Å². The summed E-state index contributed by atoms with van der Waals surface area (Å²) in [6, 6.07) is 17.0. The predicted molar refractivity (Wildman–Crippen MR) is 92.0 cm³/mol. The third-order valence-electron chi connectivity index (χ3n) is 3.90. The SMILES string of the molecule is O=C(NCCN1Cc2ccccc2OCC1=O)OCc1ccccc1. The predicted octanol–water partition coefficient (Wildman–Crippen LogP) is 2.33. The van der Waals surface area contributed by atoms with Crippen molar-refractivity contribution in [1.82, 2.24) is 10.2 Å². The van der Waals surface area contributed by atoms with Crippen LogP contribution in [-0.2, 0) is 22.7 Å². The lowest BCUT2D eigenvalue weighted by atomic mass is 10.2. The Balaban J connectivity index is 1.45. The number of carbonyl (C=O) groups excluding carboxylic acids is 2. The van der Waals surface area contributed by atoms with Crippen molar-refractivity contribution in [3.05, 3.63) is 65.7 Å². The number of para-hydroxylation sites is 1. The van der Waals surface area contributed by atoms with E-state index in [4.69, 9.17) is 9.47 Å². The van der Waals surface area contributed by atoms with Gasteiger partial charge in [-0.1, -0.05) is 48.5 Å². The van der Waals surface area contributed by atoms with Crippen molar-refractivity contribution in [3.63, 3.8) is 0 Å². The van der Waals surface area contributed by atoms with Gasteiger partial charge in [0.05, 0.1) is 0 Å². The van der Waals surface area contributed by atoms with Gasteiger partial charge in [0.1, 0.15) is 12.4 Å². The summed E-state index contributed by atoms with van der Waals surface area (Å²) in [6.45, 7) is 1.42. The first-order valence-electron chi connectivity index (χ1n) is 8.15. The van der Waals surface area contributed by atoms with Gasteiger partial charge in [0.25, 0.3) is 5.91 Å². The van der Waals surface area contributed by atoms with Gasteiger partial charge in [0, 0.05) is 25.2 Å². The van der Waals surface area contributed by atoms with Crippen LogP contribution in [0.2, 0.25) is 0 Å². The van der Waals surface area contributed by atoms with Crippen LogP contribution in [0, 0.1) is 0 Å². The van der Waals surface area contributed by atoms with Crippen LogP contribution in [-0.4, -0.2) is 36.6 Å². The van der Waals surface area contributed by atoms with Crippen LogP contribution in [0.5, 0.6) is 5.75 Å². The molecule has 0 bridgehead atoms. The molecule has 6 nitrogen and oxygen atoms in total. The number of nitrogens with one attached hydrogen (secondary N) is 1. The molecule has 1 heterocycles. The molecule has 2 aromatic rings. The molecule has 1 N–H and O–H groups in total. The number of hydrogen-bond acceptors (Lipinski definition) is 4. The maximum Gasteiger partial charge on any atom is 0.407 e. The summed E-state index contributed by atoms with van der Waals surface area (Å²) in [5, 5.41) is 2.67. The lowest BCUT2D eigenvalue weighted by molar-refractivity contribution is -0.133. The number of ether oxygens (including phenoxy) is 2. The molecule has 0 radical (unpaired) electrons. The van der Waals surface area contributed by atoms with Crippen LogP contribution < -0.4 is 10.1 Å². The summed E-state index contributed by atoms with van der Waals surface area (Å²) in [7, 11) is 0. The molecule has 2 aromatic carbocycles. The number of benzene rings is 2. The lowest BCUT2D eigenvalue weighted by Crippen LogP contribution is -2.39. The van der Waals surface area contributed by atoms with E-state index in [0.717, 1.165) is 16.9 Å². The summed E-state index contributed by atoms with van der Waals surface area (Å²) < 4.78 is 10.6. The molecule has 0 saturated heterocycles. The van der Waals surface area contributed by atoms with Gasteiger partial charge >= 0.3 is 6.09 Å². The summed E-state index contributed by atoms with van der Waals surface area (Å²) in [6.07, 6.45) is -0.497. The smallest absolute Gasteiger partial charge is 0.407 e. The Morgan fingerprint density at radius 1 is 1.12 bits per heavy atom. The number of fused-ring (bicyclic) bond motifs is 1. The maximum absolute atomic E-state index is 12.1. The molecule has 6 heteroatoms. The van der Waals surface area contributed by atoms with Crippen LogP contribution in [0.15, 0.2) is 54.6 Å². The van der Waals surface area contributed by atoms with Crippen molar-refractivity contribution in [2.75, 3.05) is 19.7 Å². The highest BCUT2D eigenvalue weighted by Gasteiger charge is 2.20. The van der Waals surface area contributed by atoms with E-state index in [1.54, 1.807) is 4.90 Å². The summed E-state index contributed by atoms with van der Waals surface area (Å²) in [5.41, 5.74) is 1.88. The van der Waals surface area contributed by atoms with Crippen molar-refractivity contribution in [3.8, 4) is 5.75 Å². The van der Waals surface area contributed by atoms with Crippen LogP contribution in [0.3, 0.4) is 0 Å². The van der Waals surface area contributed by atoms with Gasteiger partial charge in [-0.05, 0) is 11.6 Å². The minimum Gasteiger partial charge on any atom is -0.483 e. The molecule has 0 aliphatic carbocycles. The molecule has 1 aliphatic heterocycles. The third kappa shape index (κ3) is 4.73. The van der Waals surface area contributed by atoms with Crippen LogP contribution in [0.25, 0.3) is 0 Å². The Bertz CT molecular complexity index is 733. The van der Waals surface area contributed by atoms with E-state index in [9.17, 15) is 9.59 Å². The Morgan fingerprint density at radius 2 is 1.88 bits per heavy atom. The highest BCUT2D eigenvalue weighted by molar-refractivity contribution is 5.78. The topological polar surface area (TPSA) is 67.9 Å². The van der Waals surface area contributed by atoms with Crippen LogP contribution >= 0.6 is 0 Å². The van der Waals surface area contributed by atoms with Crippen molar-refractivity contribution < 1.29 is 19.1 Å². The normalized spacial score (nSPS) is 13.4. The van der Waals surface area contributed by atoms with Gasteiger partial charge in [-0.15, -0.1) is 0 Å². The van der Waals surface area contributed by atoms with Gasteiger partial charge in [0.2, 0.25) is 0 Å². The zero-order valence-electron chi connectivity index (χ0n) is 13.8. The second-order valence-corrected chi connectivity index (χ2v) is 5.70. The zero-order chi connectivity index (χ0) is 17.5. The Hall–Kier alpha value is -3.02. The molecule has 0 atom stereocenters. The molecule has 1 aliphatic rings. The monoisotopic (exact) mass is 340 g/mol. The zero-order valence-corrected chi connectivity index (χ0v) is 13.8. The maximum atomic E-state index is 12.1. The molecular formula is C19H20N2O4. The highest BCUT2D eigenvalue weighted by Crippen LogP contribution is 2.22. The van der Waals surface area contributed by atoms with E-state index < -0.39 is 6.09 Å². The van der Waals surface area contributed by atoms with E-state index in [2.05, 4.69) is 5.32 Å². The molecule has 130 valence electrons. The fraction of sp³-hybridized carbons (Fsp3) is 0.263. The van der Waals surface area contributed by atoms with Gasteiger partial charge in [-0.25, -0.2) is 4.79 Å². The van der Waals surface area contributed by atoms with Crippen molar-refractivity contribution in [2.45, 2.75) is 13.2 Å². The highest BCUT2D eigenvalue weighted by atomic mass is 16.5. The minimum absolute atomic E-state index is 0.00939. The summed E-state index contributed by atoms with van der Waals surface area (Å²) in [5.74, 6) is 0.629. The molecule has 0 fully saturated rings. The van der Waals surface area contributed by atoms with E-state index >= 15 is 0 Å². The largest absolute Gasteiger partial charge is 0.483 e. The van der Waals surface area contributed by atoms with Crippen molar-refractivity contribution in [1.29, 1.82) is 0 Å². The number of amides is 2. The molecule has 0 spiro atoms. The standard InChI is InChI=1S/C19H20N2O4/c22-18-14-24-17-9-5-4-8-16(17)12-21(18)11-10-20-19(23)25-13-15-6-2-1-3-7-15/h1-9H,10-14H2,(H,20,23). The number of alkyl carbamates (subject to hydrolysis) is 1. The van der Waals surface area contributed by atoms with E-state index in [1.807, 2.05) is 54.6 Å². The second kappa shape index (κ2) is 8.19. The Morgan fingerprint density at radius 3 is 2.72 bits per heavy atom. The van der Waals surface area contributed by atoms with Crippen molar-refractivity contribution >= 4 is 12.0 Å². The molecule has 2 amide bonds. The first-order valence-corrected chi connectivity index (χ1v) is 8.15. The van der Waals surface area contributed by atoms with Gasteiger partial charge in [-0.3, -0.25) is 4.79 Å². The van der Waals surface area contributed by atoms with E-state index in [0.29, 0.717) is 19.6 Å². The first kappa shape index (κ1) is 16.8. The number of rotatable bonds is 5. The van der Waals surface area contributed by atoms with Crippen molar-refractivity contribution in [2.24, 2.45) is 0 Å². The third-order valence-corrected chi connectivity index (χ3v) is 3.90. The Labute approximate surface area is 146 Å². The molecule has 0 unspecified atom stereocenters. The number of nitrogens with zero attached hydrogens (tertiary/aromatic N) is 1. The fourth-order valence-corrected chi connectivity index (χ4v) is 2.57. The van der Waals surface area contributed by atoms with Gasteiger partial charge < -0.3 is 19.7 Å². The summed E-state index contributed by atoms with van der Waals surface area (Å²) >= 11 is 0. The Kier molecular flexibility index (Phi) is 5.51. The van der Waals surface area contributed by atoms with Gasteiger partial charge in [0.15, 0.2) is 6.61 Å². The van der Waals surface area contributed by atoms with Gasteiger partial charge in [-0.2, -0.15) is 0 Å². The second-order valence-electron chi connectivity index (χ2n) is 5.70. The lowest BCUT2D eigenvalue weighted by Gasteiger charge is -2.20. The fourth-order valence-electron chi connectivity index (χ4n) is 2.57. The van der Waals surface area contributed by atoms with E-state index in [-0.39, 0.29) is 19.1 Å². The average molecular weight is 340 g/mol. The number of hydrogen-bond donors (Lipinski definition) is 1.